The van der Waals surface area contributed by atoms with Crippen LogP contribution in [0.25, 0.3) is 0 Å². The minimum atomic E-state index is -0.512. The standard InChI is InChI=1S/C10H14O3/c1-2-3-7-13-10(12)8-5-4-6-9(8)11/h8-9,11H,4-7H2,1H3. The largest absolute Gasteiger partial charge is 0.452 e. The second kappa shape index (κ2) is 4.88. The third-order valence-electron chi connectivity index (χ3n) is 2.25. The maximum Gasteiger partial charge on any atom is 0.312 e. The van der Waals surface area contributed by atoms with Crippen molar-refractivity contribution in [2.75, 3.05) is 6.61 Å². The van der Waals surface area contributed by atoms with Crippen LogP contribution >= 0.6 is 0 Å². The zero-order valence-corrected chi connectivity index (χ0v) is 7.75. The van der Waals surface area contributed by atoms with Crippen LogP contribution in [0.5, 0.6) is 0 Å². The lowest BCUT2D eigenvalue weighted by Crippen LogP contribution is -2.25. The molecule has 1 N–H and O–H groups in total. The van der Waals surface area contributed by atoms with Gasteiger partial charge >= 0.3 is 5.97 Å². The Balaban J connectivity index is 2.33. The summed E-state index contributed by atoms with van der Waals surface area (Å²) in [6.07, 6.45) is 1.83. The minimum absolute atomic E-state index is 0.137. The highest BCUT2D eigenvalue weighted by atomic mass is 16.5. The van der Waals surface area contributed by atoms with Gasteiger partial charge in [0.05, 0.1) is 12.0 Å². The molecular formula is C10H14O3. The van der Waals surface area contributed by atoms with E-state index in [1.54, 1.807) is 6.92 Å². The summed E-state index contributed by atoms with van der Waals surface area (Å²) in [5.74, 6) is 4.64. The first-order valence-corrected chi connectivity index (χ1v) is 4.50. The van der Waals surface area contributed by atoms with Gasteiger partial charge in [0.15, 0.2) is 6.61 Å². The van der Waals surface area contributed by atoms with Crippen LogP contribution in [-0.2, 0) is 9.53 Å². The van der Waals surface area contributed by atoms with E-state index in [2.05, 4.69) is 11.8 Å². The fourth-order valence-electron chi connectivity index (χ4n) is 1.50. The van der Waals surface area contributed by atoms with Crippen molar-refractivity contribution < 1.29 is 14.6 Å². The lowest BCUT2D eigenvalue weighted by Gasteiger charge is -2.11. The van der Waals surface area contributed by atoms with Crippen molar-refractivity contribution in [3.8, 4) is 11.8 Å². The molecule has 1 aliphatic rings. The second-order valence-corrected chi connectivity index (χ2v) is 3.14. The first-order valence-electron chi connectivity index (χ1n) is 4.50. The number of aliphatic hydroxyl groups excluding tert-OH is 1. The zero-order valence-electron chi connectivity index (χ0n) is 7.75. The molecule has 0 spiro atoms. The van der Waals surface area contributed by atoms with Crippen LogP contribution in [0.2, 0.25) is 0 Å². The Labute approximate surface area is 78.1 Å². The molecular weight excluding hydrogens is 168 g/mol. The predicted octanol–water partition coefficient (Wildman–Crippen LogP) is 0.714. The summed E-state index contributed by atoms with van der Waals surface area (Å²) < 4.78 is 4.86. The molecule has 2 atom stereocenters. The molecule has 13 heavy (non-hydrogen) atoms. The summed E-state index contributed by atoms with van der Waals surface area (Å²) in [7, 11) is 0. The first kappa shape index (κ1) is 10.1. The van der Waals surface area contributed by atoms with Crippen LogP contribution < -0.4 is 0 Å². The molecule has 1 saturated carbocycles. The molecule has 0 bridgehead atoms. The van der Waals surface area contributed by atoms with Gasteiger partial charge in [-0.05, 0) is 26.2 Å². The van der Waals surface area contributed by atoms with E-state index in [1.165, 1.54) is 0 Å². The monoisotopic (exact) mass is 182 g/mol. The van der Waals surface area contributed by atoms with Crippen molar-refractivity contribution in [1.82, 2.24) is 0 Å². The number of ether oxygens (including phenoxy) is 1. The normalized spacial score (nSPS) is 26.3. The number of aliphatic hydroxyl groups is 1. The lowest BCUT2D eigenvalue weighted by molar-refractivity contribution is -0.149. The molecule has 3 heteroatoms. The minimum Gasteiger partial charge on any atom is -0.452 e. The third kappa shape index (κ3) is 2.74. The maximum absolute atomic E-state index is 11.3. The fourth-order valence-corrected chi connectivity index (χ4v) is 1.50. The SMILES string of the molecule is CC#CCOC(=O)C1CCCC1O. The van der Waals surface area contributed by atoms with Crippen LogP contribution in [0.1, 0.15) is 26.2 Å². The number of carbonyl (C=O) groups excluding carboxylic acids is 1. The molecule has 0 amide bonds. The van der Waals surface area contributed by atoms with Crippen LogP contribution in [0.15, 0.2) is 0 Å². The summed E-state index contributed by atoms with van der Waals surface area (Å²) >= 11 is 0. The molecule has 1 aliphatic carbocycles. The average molecular weight is 182 g/mol. The molecule has 0 aromatic rings. The molecule has 0 aromatic heterocycles. The Hall–Kier alpha value is -1.01. The van der Waals surface area contributed by atoms with Gasteiger partial charge in [-0.15, -0.1) is 5.92 Å². The van der Waals surface area contributed by atoms with Crippen molar-refractivity contribution >= 4 is 5.97 Å². The lowest BCUT2D eigenvalue weighted by atomic mass is 10.1. The number of carbonyl (C=O) groups is 1. The summed E-state index contributed by atoms with van der Waals surface area (Å²) in [4.78, 5) is 11.3. The summed E-state index contributed by atoms with van der Waals surface area (Å²) in [5, 5.41) is 9.38. The summed E-state index contributed by atoms with van der Waals surface area (Å²) in [6, 6.07) is 0. The second-order valence-electron chi connectivity index (χ2n) is 3.14. The van der Waals surface area contributed by atoms with Crippen molar-refractivity contribution in [1.29, 1.82) is 0 Å². The zero-order chi connectivity index (χ0) is 9.68. The van der Waals surface area contributed by atoms with E-state index in [0.29, 0.717) is 6.42 Å². The van der Waals surface area contributed by atoms with E-state index in [4.69, 9.17) is 4.74 Å². The van der Waals surface area contributed by atoms with E-state index in [1.807, 2.05) is 0 Å². The molecule has 1 fully saturated rings. The van der Waals surface area contributed by atoms with Crippen LogP contribution in [0.3, 0.4) is 0 Å². The molecule has 2 unspecified atom stereocenters. The van der Waals surface area contributed by atoms with Gasteiger partial charge in [0.25, 0.3) is 0 Å². The molecule has 72 valence electrons. The average Bonchev–Trinajstić information content (AvgIpc) is 2.52. The highest BCUT2D eigenvalue weighted by molar-refractivity contribution is 5.73. The van der Waals surface area contributed by atoms with Crippen molar-refractivity contribution in [2.24, 2.45) is 5.92 Å². The van der Waals surface area contributed by atoms with Crippen molar-refractivity contribution in [2.45, 2.75) is 32.3 Å². The Morgan fingerprint density at radius 3 is 2.92 bits per heavy atom. The van der Waals surface area contributed by atoms with Gasteiger partial charge in [0.1, 0.15) is 0 Å². The topological polar surface area (TPSA) is 46.5 Å². The Bertz CT molecular complexity index is 236. The molecule has 1 rings (SSSR count). The quantitative estimate of drug-likeness (QED) is 0.505. The highest BCUT2D eigenvalue weighted by Crippen LogP contribution is 2.26. The van der Waals surface area contributed by atoms with Crippen molar-refractivity contribution in [3.05, 3.63) is 0 Å². The van der Waals surface area contributed by atoms with Gasteiger partial charge in [-0.1, -0.05) is 5.92 Å². The van der Waals surface area contributed by atoms with Crippen LogP contribution in [-0.4, -0.2) is 23.8 Å². The van der Waals surface area contributed by atoms with Gasteiger partial charge in [-0.2, -0.15) is 0 Å². The van der Waals surface area contributed by atoms with E-state index in [-0.39, 0.29) is 18.5 Å². The Kier molecular flexibility index (Phi) is 3.78. The number of esters is 1. The van der Waals surface area contributed by atoms with Gasteiger partial charge in [-0.25, -0.2) is 0 Å². The Morgan fingerprint density at radius 2 is 2.38 bits per heavy atom. The van der Waals surface area contributed by atoms with Crippen LogP contribution in [0.4, 0.5) is 0 Å². The number of hydrogen-bond donors (Lipinski definition) is 1. The maximum atomic E-state index is 11.3. The third-order valence-corrected chi connectivity index (χ3v) is 2.25. The molecule has 0 aromatic carbocycles. The van der Waals surface area contributed by atoms with Crippen molar-refractivity contribution in [3.63, 3.8) is 0 Å². The number of rotatable bonds is 2. The fraction of sp³-hybridized carbons (Fsp3) is 0.700. The van der Waals surface area contributed by atoms with Gasteiger partial charge in [0, 0.05) is 0 Å². The summed E-state index contributed by atoms with van der Waals surface area (Å²) in [5.41, 5.74) is 0. The molecule has 0 aliphatic heterocycles. The Morgan fingerprint density at radius 1 is 1.62 bits per heavy atom. The van der Waals surface area contributed by atoms with Gasteiger partial charge < -0.3 is 9.84 Å². The molecule has 0 saturated heterocycles. The van der Waals surface area contributed by atoms with Gasteiger partial charge in [-0.3, -0.25) is 4.79 Å². The van der Waals surface area contributed by atoms with E-state index in [0.717, 1.165) is 12.8 Å². The summed E-state index contributed by atoms with van der Waals surface area (Å²) in [6.45, 7) is 1.83. The predicted molar refractivity (Wildman–Crippen MR) is 47.8 cm³/mol. The van der Waals surface area contributed by atoms with E-state index < -0.39 is 6.10 Å². The van der Waals surface area contributed by atoms with E-state index in [9.17, 15) is 9.90 Å². The van der Waals surface area contributed by atoms with Crippen LogP contribution in [0, 0.1) is 17.8 Å². The molecule has 0 heterocycles. The number of hydrogen-bond acceptors (Lipinski definition) is 3. The van der Waals surface area contributed by atoms with Gasteiger partial charge in [0.2, 0.25) is 0 Å². The smallest absolute Gasteiger partial charge is 0.312 e. The highest BCUT2D eigenvalue weighted by Gasteiger charge is 2.32. The molecule has 3 nitrogen and oxygen atoms in total. The molecule has 0 radical (unpaired) electrons. The first-order chi connectivity index (χ1) is 6.25. The van der Waals surface area contributed by atoms with E-state index >= 15 is 0 Å².